The molecule has 0 radical (unpaired) electrons. The summed E-state index contributed by atoms with van der Waals surface area (Å²) in [7, 11) is 5.66. The first-order valence-electron chi connectivity index (χ1n) is 6.79. The van der Waals surface area contributed by atoms with Gasteiger partial charge in [0.05, 0.1) is 23.0 Å². The van der Waals surface area contributed by atoms with Crippen LogP contribution in [0, 0.1) is 0 Å². The second kappa shape index (κ2) is 6.11. The maximum atomic E-state index is 5.21. The fourth-order valence-corrected chi connectivity index (χ4v) is 2.80. The van der Waals surface area contributed by atoms with E-state index in [-0.39, 0.29) is 0 Å². The third kappa shape index (κ3) is 3.07. The normalized spacial score (nSPS) is 11.2. The molecule has 0 atom stereocenters. The predicted molar refractivity (Wildman–Crippen MR) is 91.1 cm³/mol. The van der Waals surface area contributed by atoms with Crippen molar-refractivity contribution in [2.75, 3.05) is 26.1 Å². The van der Waals surface area contributed by atoms with E-state index in [9.17, 15) is 0 Å². The summed E-state index contributed by atoms with van der Waals surface area (Å²) in [5.41, 5.74) is 2.84. The van der Waals surface area contributed by atoms with Crippen LogP contribution in [0.15, 0.2) is 52.7 Å². The highest BCUT2D eigenvalue weighted by molar-refractivity contribution is 7.21. The van der Waals surface area contributed by atoms with Gasteiger partial charge in [0.25, 0.3) is 0 Å². The molecule has 0 aliphatic carbocycles. The SMILES string of the molecule is COc1ccc2nc(/N=N/c3ccc(N(C)C)cc3)sc2c1. The number of azo groups is 1. The van der Waals surface area contributed by atoms with E-state index >= 15 is 0 Å². The Morgan fingerprint density at radius 1 is 1.05 bits per heavy atom. The first-order valence-corrected chi connectivity index (χ1v) is 7.61. The Labute approximate surface area is 132 Å². The number of rotatable bonds is 4. The Balaban J connectivity index is 1.82. The molecule has 112 valence electrons. The molecule has 0 N–H and O–H groups in total. The van der Waals surface area contributed by atoms with Gasteiger partial charge in [-0.1, -0.05) is 11.3 Å². The van der Waals surface area contributed by atoms with Crippen molar-refractivity contribution in [2.45, 2.75) is 0 Å². The quantitative estimate of drug-likeness (QED) is 0.651. The van der Waals surface area contributed by atoms with Crippen molar-refractivity contribution in [3.63, 3.8) is 0 Å². The topological polar surface area (TPSA) is 50.1 Å². The van der Waals surface area contributed by atoms with Crippen molar-refractivity contribution in [3.05, 3.63) is 42.5 Å². The zero-order valence-electron chi connectivity index (χ0n) is 12.6. The molecule has 0 saturated heterocycles. The summed E-state index contributed by atoms with van der Waals surface area (Å²) in [5, 5.41) is 9.10. The van der Waals surface area contributed by atoms with Crippen LogP contribution in [0.4, 0.5) is 16.5 Å². The zero-order valence-corrected chi connectivity index (χ0v) is 13.5. The maximum absolute atomic E-state index is 5.21. The van der Waals surface area contributed by atoms with Crippen molar-refractivity contribution >= 4 is 38.1 Å². The molecule has 1 heterocycles. The molecule has 0 amide bonds. The lowest BCUT2D eigenvalue weighted by molar-refractivity contribution is 0.415. The lowest BCUT2D eigenvalue weighted by Crippen LogP contribution is -2.07. The average Bonchev–Trinajstić information content (AvgIpc) is 2.95. The van der Waals surface area contributed by atoms with Crippen LogP contribution in [0.3, 0.4) is 0 Å². The van der Waals surface area contributed by atoms with Gasteiger partial charge >= 0.3 is 0 Å². The molecule has 3 rings (SSSR count). The van der Waals surface area contributed by atoms with E-state index in [1.807, 2.05) is 61.5 Å². The summed E-state index contributed by atoms with van der Waals surface area (Å²) in [4.78, 5) is 6.49. The summed E-state index contributed by atoms with van der Waals surface area (Å²) in [6.07, 6.45) is 0. The number of methoxy groups -OCH3 is 1. The third-order valence-corrected chi connectivity index (χ3v) is 4.10. The Kier molecular flexibility index (Phi) is 4.02. The number of thiazole rings is 1. The van der Waals surface area contributed by atoms with E-state index in [0.717, 1.165) is 27.3 Å². The Morgan fingerprint density at radius 3 is 2.50 bits per heavy atom. The molecule has 2 aromatic carbocycles. The van der Waals surface area contributed by atoms with E-state index in [0.29, 0.717) is 5.13 Å². The lowest BCUT2D eigenvalue weighted by Gasteiger charge is -2.11. The standard InChI is InChI=1S/C16H16N4OS/c1-20(2)12-6-4-11(5-7-12)18-19-16-17-14-9-8-13(21-3)10-15(14)22-16/h4-10H,1-3H3/b19-18+. The van der Waals surface area contributed by atoms with Crippen molar-refractivity contribution in [2.24, 2.45) is 10.2 Å². The molecule has 0 bridgehead atoms. The predicted octanol–water partition coefficient (Wildman–Crippen LogP) is 4.79. The fourth-order valence-electron chi connectivity index (χ4n) is 1.98. The van der Waals surface area contributed by atoms with Gasteiger partial charge in [0, 0.05) is 19.8 Å². The molecule has 0 spiro atoms. The number of ether oxygens (including phenoxy) is 1. The molecule has 1 aromatic heterocycles. The molecule has 0 unspecified atom stereocenters. The highest BCUT2D eigenvalue weighted by Gasteiger charge is 2.04. The average molecular weight is 312 g/mol. The van der Waals surface area contributed by atoms with Gasteiger partial charge in [-0.25, -0.2) is 4.98 Å². The van der Waals surface area contributed by atoms with E-state index in [4.69, 9.17) is 4.74 Å². The molecule has 6 heteroatoms. The molecule has 22 heavy (non-hydrogen) atoms. The summed E-state index contributed by atoms with van der Waals surface area (Å²) in [6.45, 7) is 0. The molecule has 0 saturated carbocycles. The summed E-state index contributed by atoms with van der Waals surface area (Å²) in [6, 6.07) is 13.7. The van der Waals surface area contributed by atoms with Gasteiger partial charge in [0.2, 0.25) is 5.13 Å². The number of aromatic nitrogens is 1. The number of benzene rings is 2. The van der Waals surface area contributed by atoms with Crippen molar-refractivity contribution in [3.8, 4) is 5.75 Å². The molecule has 5 nitrogen and oxygen atoms in total. The van der Waals surface area contributed by atoms with Gasteiger partial charge in [0.15, 0.2) is 0 Å². The number of fused-ring (bicyclic) bond motifs is 1. The third-order valence-electron chi connectivity index (χ3n) is 3.20. The Bertz CT molecular complexity index is 809. The fraction of sp³-hybridized carbons (Fsp3) is 0.188. The van der Waals surface area contributed by atoms with E-state index in [1.165, 1.54) is 11.3 Å². The van der Waals surface area contributed by atoms with Crippen molar-refractivity contribution in [1.82, 2.24) is 4.98 Å². The number of hydrogen-bond acceptors (Lipinski definition) is 6. The molecular weight excluding hydrogens is 296 g/mol. The number of nitrogens with zero attached hydrogens (tertiary/aromatic N) is 4. The number of anilines is 1. The van der Waals surface area contributed by atoms with Crippen LogP contribution in [-0.2, 0) is 0 Å². The van der Waals surface area contributed by atoms with Gasteiger partial charge in [-0.15, -0.1) is 10.2 Å². The van der Waals surface area contributed by atoms with Crippen LogP contribution >= 0.6 is 11.3 Å². The van der Waals surface area contributed by atoms with Crippen molar-refractivity contribution in [1.29, 1.82) is 0 Å². The minimum atomic E-state index is 0.639. The van der Waals surface area contributed by atoms with E-state index < -0.39 is 0 Å². The molecule has 0 aliphatic heterocycles. The van der Waals surface area contributed by atoms with Gasteiger partial charge in [-0.3, -0.25) is 0 Å². The molecular formula is C16H16N4OS. The Hall–Kier alpha value is -2.47. The van der Waals surface area contributed by atoms with Gasteiger partial charge in [0.1, 0.15) is 5.75 Å². The van der Waals surface area contributed by atoms with Crippen LogP contribution in [0.5, 0.6) is 5.75 Å². The largest absolute Gasteiger partial charge is 0.497 e. The highest BCUT2D eigenvalue weighted by Crippen LogP contribution is 2.31. The lowest BCUT2D eigenvalue weighted by atomic mass is 10.3. The van der Waals surface area contributed by atoms with Gasteiger partial charge in [-0.2, -0.15) is 0 Å². The molecule has 0 fully saturated rings. The maximum Gasteiger partial charge on any atom is 0.231 e. The second-order valence-corrected chi connectivity index (χ2v) is 5.95. The van der Waals surface area contributed by atoms with E-state index in [1.54, 1.807) is 7.11 Å². The molecule has 3 aromatic rings. The minimum Gasteiger partial charge on any atom is -0.497 e. The van der Waals surface area contributed by atoms with Crippen LogP contribution in [-0.4, -0.2) is 26.2 Å². The smallest absolute Gasteiger partial charge is 0.231 e. The van der Waals surface area contributed by atoms with E-state index in [2.05, 4.69) is 15.2 Å². The van der Waals surface area contributed by atoms with Gasteiger partial charge in [-0.05, 0) is 42.5 Å². The van der Waals surface area contributed by atoms with Crippen LogP contribution in [0.25, 0.3) is 10.2 Å². The summed E-state index contributed by atoms with van der Waals surface area (Å²) >= 11 is 1.49. The van der Waals surface area contributed by atoms with Crippen LogP contribution in [0.2, 0.25) is 0 Å². The number of hydrogen-bond donors (Lipinski definition) is 0. The first-order chi connectivity index (χ1) is 10.7. The minimum absolute atomic E-state index is 0.639. The van der Waals surface area contributed by atoms with Crippen LogP contribution in [0.1, 0.15) is 0 Å². The van der Waals surface area contributed by atoms with Crippen LogP contribution < -0.4 is 9.64 Å². The highest BCUT2D eigenvalue weighted by atomic mass is 32.1. The summed E-state index contributed by atoms with van der Waals surface area (Å²) < 4.78 is 6.25. The first kappa shape index (κ1) is 14.5. The zero-order chi connectivity index (χ0) is 15.5. The summed E-state index contributed by atoms with van der Waals surface area (Å²) in [5.74, 6) is 0.818. The second-order valence-electron chi connectivity index (χ2n) is 4.94. The molecule has 0 aliphatic rings. The Morgan fingerprint density at radius 2 is 1.82 bits per heavy atom. The van der Waals surface area contributed by atoms with Gasteiger partial charge < -0.3 is 9.64 Å². The van der Waals surface area contributed by atoms with Crippen molar-refractivity contribution < 1.29 is 4.74 Å². The monoisotopic (exact) mass is 312 g/mol.